The third kappa shape index (κ3) is 2.82. The van der Waals surface area contributed by atoms with Crippen LogP contribution in [0.4, 0.5) is 0 Å². The smallest absolute Gasteiger partial charge is 0.303 e. The lowest BCUT2D eigenvalue weighted by Gasteiger charge is -2.12. The van der Waals surface area contributed by atoms with E-state index in [4.69, 9.17) is 5.11 Å². The summed E-state index contributed by atoms with van der Waals surface area (Å²) in [5, 5.41) is 19.7. The van der Waals surface area contributed by atoms with Gasteiger partial charge in [0.15, 0.2) is 0 Å². The van der Waals surface area contributed by atoms with Crippen molar-refractivity contribution in [2.24, 2.45) is 5.92 Å². The van der Waals surface area contributed by atoms with Gasteiger partial charge in [0, 0.05) is 19.0 Å². The maximum Gasteiger partial charge on any atom is 0.303 e. The Kier molecular flexibility index (Phi) is 3.69. The lowest BCUT2D eigenvalue weighted by molar-refractivity contribution is -0.138. The van der Waals surface area contributed by atoms with E-state index in [9.17, 15) is 9.90 Å². The van der Waals surface area contributed by atoms with Crippen LogP contribution in [0.2, 0.25) is 0 Å². The van der Waals surface area contributed by atoms with Crippen LogP contribution in [0, 0.1) is 5.92 Å². The van der Waals surface area contributed by atoms with Crippen molar-refractivity contribution in [3.8, 4) is 0 Å². The van der Waals surface area contributed by atoms with Crippen molar-refractivity contribution in [1.82, 2.24) is 9.88 Å². The third-order valence-corrected chi connectivity index (χ3v) is 4.64. The minimum atomic E-state index is -0.851. The van der Waals surface area contributed by atoms with Crippen LogP contribution in [0.1, 0.15) is 11.4 Å². The molecule has 0 unspecified atom stereocenters. The summed E-state index contributed by atoms with van der Waals surface area (Å²) >= 11 is 1.65. The molecule has 2 aromatic rings. The molecule has 0 aliphatic carbocycles. The van der Waals surface area contributed by atoms with E-state index in [0.29, 0.717) is 19.6 Å². The first kappa shape index (κ1) is 13.5. The molecule has 20 heavy (non-hydrogen) atoms. The number of carbonyl (C=O) groups is 1. The number of aromatic nitrogens is 1. The van der Waals surface area contributed by atoms with Gasteiger partial charge in [-0.15, -0.1) is 11.3 Å². The lowest BCUT2D eigenvalue weighted by atomic mass is 10.0. The molecule has 1 aromatic carbocycles. The predicted molar refractivity (Wildman–Crippen MR) is 76.6 cm³/mol. The summed E-state index contributed by atoms with van der Waals surface area (Å²) in [7, 11) is 0. The molecule has 0 spiro atoms. The highest BCUT2D eigenvalue weighted by molar-refractivity contribution is 7.18. The van der Waals surface area contributed by atoms with E-state index in [0.717, 1.165) is 15.2 Å². The van der Waals surface area contributed by atoms with Crippen LogP contribution >= 0.6 is 11.3 Å². The Bertz CT molecular complexity index is 595. The second-order valence-electron chi connectivity index (χ2n) is 5.19. The van der Waals surface area contributed by atoms with E-state index in [1.54, 1.807) is 11.3 Å². The molecule has 1 saturated heterocycles. The zero-order valence-electron chi connectivity index (χ0n) is 10.9. The molecular formula is C14H16N2O3S. The number of thiazole rings is 1. The molecule has 0 saturated carbocycles. The Morgan fingerprint density at radius 3 is 2.95 bits per heavy atom. The van der Waals surface area contributed by atoms with Gasteiger partial charge in [0.05, 0.1) is 29.3 Å². The molecule has 2 N–H and O–H groups in total. The first-order valence-electron chi connectivity index (χ1n) is 6.58. The van der Waals surface area contributed by atoms with Crippen LogP contribution in [-0.4, -0.2) is 45.3 Å². The molecule has 0 bridgehead atoms. The first-order chi connectivity index (χ1) is 9.61. The van der Waals surface area contributed by atoms with Crippen molar-refractivity contribution in [2.75, 3.05) is 13.1 Å². The van der Waals surface area contributed by atoms with E-state index in [1.807, 2.05) is 24.3 Å². The highest BCUT2D eigenvalue weighted by Gasteiger charge is 2.33. The monoisotopic (exact) mass is 292 g/mol. The van der Waals surface area contributed by atoms with E-state index in [-0.39, 0.29) is 12.3 Å². The van der Waals surface area contributed by atoms with Gasteiger partial charge in [-0.3, -0.25) is 9.69 Å². The number of benzene rings is 1. The van der Waals surface area contributed by atoms with Crippen molar-refractivity contribution in [3.05, 3.63) is 29.3 Å². The molecule has 6 heteroatoms. The number of aliphatic hydroxyl groups is 1. The number of hydrogen-bond acceptors (Lipinski definition) is 5. The van der Waals surface area contributed by atoms with Crippen molar-refractivity contribution >= 4 is 27.5 Å². The Balaban J connectivity index is 1.68. The van der Waals surface area contributed by atoms with Gasteiger partial charge in [0.2, 0.25) is 0 Å². The Hall–Kier alpha value is -1.50. The molecule has 106 valence electrons. The molecule has 1 aliphatic rings. The molecule has 5 nitrogen and oxygen atoms in total. The van der Waals surface area contributed by atoms with Gasteiger partial charge in [-0.1, -0.05) is 12.1 Å². The van der Waals surface area contributed by atoms with Gasteiger partial charge >= 0.3 is 5.97 Å². The minimum Gasteiger partial charge on any atom is -0.481 e. The molecule has 2 atom stereocenters. The largest absolute Gasteiger partial charge is 0.481 e. The van der Waals surface area contributed by atoms with E-state index >= 15 is 0 Å². The van der Waals surface area contributed by atoms with E-state index in [2.05, 4.69) is 9.88 Å². The molecule has 0 radical (unpaired) electrons. The fourth-order valence-electron chi connectivity index (χ4n) is 2.67. The number of fused-ring (bicyclic) bond motifs is 1. The summed E-state index contributed by atoms with van der Waals surface area (Å²) in [4.78, 5) is 17.4. The average molecular weight is 292 g/mol. The van der Waals surface area contributed by atoms with E-state index in [1.165, 1.54) is 0 Å². The number of nitrogens with zero attached hydrogens (tertiary/aromatic N) is 2. The maximum atomic E-state index is 10.7. The quantitative estimate of drug-likeness (QED) is 0.894. The normalized spacial score (nSPS) is 23.4. The van der Waals surface area contributed by atoms with E-state index < -0.39 is 12.1 Å². The number of para-hydroxylation sites is 1. The molecule has 3 rings (SSSR count). The van der Waals surface area contributed by atoms with Crippen molar-refractivity contribution in [2.45, 2.75) is 19.1 Å². The van der Waals surface area contributed by atoms with Crippen molar-refractivity contribution < 1.29 is 15.0 Å². The number of hydrogen-bond donors (Lipinski definition) is 2. The highest BCUT2D eigenvalue weighted by atomic mass is 32.1. The SMILES string of the molecule is O=C(O)C[C@@H]1CN(Cc2nc3ccccc3s2)C[C@H]1O. The Labute approximate surface area is 120 Å². The molecule has 1 aliphatic heterocycles. The molecule has 2 heterocycles. The first-order valence-corrected chi connectivity index (χ1v) is 7.40. The number of carboxylic acid groups (broad SMARTS) is 1. The van der Waals surface area contributed by atoms with Crippen LogP contribution in [-0.2, 0) is 11.3 Å². The minimum absolute atomic E-state index is 0.0253. The third-order valence-electron chi connectivity index (χ3n) is 3.62. The van der Waals surface area contributed by atoms with Gasteiger partial charge in [-0.25, -0.2) is 4.98 Å². The van der Waals surface area contributed by atoms with Gasteiger partial charge in [-0.2, -0.15) is 0 Å². The van der Waals surface area contributed by atoms with Crippen molar-refractivity contribution in [1.29, 1.82) is 0 Å². The van der Waals surface area contributed by atoms with Crippen molar-refractivity contribution in [3.63, 3.8) is 0 Å². The fourth-order valence-corrected chi connectivity index (χ4v) is 3.68. The summed E-state index contributed by atoms with van der Waals surface area (Å²) < 4.78 is 1.16. The second-order valence-corrected chi connectivity index (χ2v) is 6.31. The predicted octanol–water partition coefficient (Wildman–Crippen LogP) is 1.56. The van der Waals surface area contributed by atoms with Gasteiger partial charge in [-0.05, 0) is 12.1 Å². The Morgan fingerprint density at radius 1 is 1.40 bits per heavy atom. The maximum absolute atomic E-state index is 10.7. The van der Waals surface area contributed by atoms with Crippen LogP contribution < -0.4 is 0 Å². The number of aliphatic carboxylic acids is 1. The zero-order chi connectivity index (χ0) is 14.1. The van der Waals surface area contributed by atoms with Gasteiger partial charge in [0.25, 0.3) is 0 Å². The number of likely N-dealkylation sites (tertiary alicyclic amines) is 1. The summed E-state index contributed by atoms with van der Waals surface area (Å²) in [5.41, 5.74) is 0.995. The molecular weight excluding hydrogens is 276 g/mol. The number of aliphatic hydroxyl groups excluding tert-OH is 1. The number of β-amino-alcohol motifs (C(OH)–C–C–N with tert-alkyl or cyclic N) is 1. The van der Waals surface area contributed by atoms with Crippen LogP contribution in [0.5, 0.6) is 0 Å². The summed E-state index contributed by atoms with van der Waals surface area (Å²) in [6, 6.07) is 7.99. The Morgan fingerprint density at radius 2 is 2.20 bits per heavy atom. The lowest BCUT2D eigenvalue weighted by Crippen LogP contribution is -2.21. The van der Waals surface area contributed by atoms with Crippen LogP contribution in [0.25, 0.3) is 10.2 Å². The standard InChI is InChI=1S/C14H16N2O3S/c17-11-7-16(6-9(11)5-14(18)19)8-13-15-10-3-1-2-4-12(10)20-13/h1-4,9,11,17H,5-8H2,(H,18,19)/t9-,11-/m1/s1. The molecule has 0 amide bonds. The van der Waals surface area contributed by atoms with Crippen LogP contribution in [0.3, 0.4) is 0 Å². The summed E-state index contributed by atoms with van der Waals surface area (Å²) in [6.45, 7) is 1.81. The zero-order valence-corrected chi connectivity index (χ0v) is 11.7. The summed E-state index contributed by atoms with van der Waals surface area (Å²) in [5.74, 6) is -1.03. The number of carboxylic acids is 1. The average Bonchev–Trinajstić information content (AvgIpc) is 2.92. The topological polar surface area (TPSA) is 73.7 Å². The number of rotatable bonds is 4. The fraction of sp³-hybridized carbons (Fsp3) is 0.429. The highest BCUT2D eigenvalue weighted by Crippen LogP contribution is 2.26. The van der Waals surface area contributed by atoms with Gasteiger partial charge in [0.1, 0.15) is 5.01 Å². The molecule has 1 fully saturated rings. The van der Waals surface area contributed by atoms with Gasteiger partial charge < -0.3 is 10.2 Å². The second kappa shape index (κ2) is 5.47. The molecule has 1 aromatic heterocycles. The van der Waals surface area contributed by atoms with Crippen LogP contribution in [0.15, 0.2) is 24.3 Å². The summed E-state index contributed by atoms with van der Waals surface area (Å²) in [6.07, 6.45) is -0.530.